The Morgan fingerprint density at radius 1 is 1.21 bits per heavy atom. The summed E-state index contributed by atoms with van der Waals surface area (Å²) in [6.45, 7) is 6.51. The molecule has 2 aliphatic rings. The fourth-order valence-corrected chi connectivity index (χ4v) is 3.34. The number of halogens is 1. The highest BCUT2D eigenvalue weighted by Crippen LogP contribution is 2.31. The third-order valence-electron chi connectivity index (χ3n) is 4.85. The van der Waals surface area contributed by atoms with Gasteiger partial charge in [0.15, 0.2) is 0 Å². The highest BCUT2D eigenvalue weighted by molar-refractivity contribution is 5.85. The van der Waals surface area contributed by atoms with E-state index in [2.05, 4.69) is 18.7 Å². The average molecular weight is 289 g/mol. The lowest BCUT2D eigenvalue weighted by molar-refractivity contribution is -0.132. The molecule has 2 atom stereocenters. The van der Waals surface area contributed by atoms with E-state index >= 15 is 0 Å². The van der Waals surface area contributed by atoms with E-state index in [1.54, 1.807) is 0 Å². The zero-order valence-corrected chi connectivity index (χ0v) is 13.2. The summed E-state index contributed by atoms with van der Waals surface area (Å²) in [5.74, 6) is 0.781. The number of nitrogens with zero attached hydrogens (tertiary/aromatic N) is 1. The minimum atomic E-state index is 0. The van der Waals surface area contributed by atoms with Gasteiger partial charge in [0.05, 0.1) is 0 Å². The summed E-state index contributed by atoms with van der Waals surface area (Å²) in [4.78, 5) is 14.4. The van der Waals surface area contributed by atoms with Crippen molar-refractivity contribution in [3.8, 4) is 0 Å². The first-order valence-corrected chi connectivity index (χ1v) is 7.51. The Labute approximate surface area is 123 Å². The first kappa shape index (κ1) is 16.8. The maximum atomic E-state index is 12.3. The second-order valence-corrected chi connectivity index (χ2v) is 6.96. The Kier molecular flexibility index (Phi) is 6.13. The van der Waals surface area contributed by atoms with Crippen LogP contribution in [0.2, 0.25) is 0 Å². The third kappa shape index (κ3) is 4.64. The predicted octanol–water partition coefficient (Wildman–Crippen LogP) is 2.96. The molecule has 4 heteroatoms. The molecule has 0 spiro atoms. The van der Waals surface area contributed by atoms with Gasteiger partial charge in [-0.2, -0.15) is 0 Å². The minimum absolute atomic E-state index is 0. The van der Waals surface area contributed by atoms with E-state index in [4.69, 9.17) is 5.73 Å². The number of rotatable bonds is 2. The highest BCUT2D eigenvalue weighted by atomic mass is 35.5. The summed E-state index contributed by atoms with van der Waals surface area (Å²) in [5, 5.41) is 0. The lowest BCUT2D eigenvalue weighted by Gasteiger charge is -2.25. The van der Waals surface area contributed by atoms with Gasteiger partial charge in [-0.1, -0.05) is 20.3 Å². The first-order chi connectivity index (χ1) is 8.48. The molecule has 3 nitrogen and oxygen atoms in total. The van der Waals surface area contributed by atoms with Crippen molar-refractivity contribution in [2.45, 2.75) is 64.8 Å². The van der Waals surface area contributed by atoms with Gasteiger partial charge in [0, 0.05) is 25.6 Å². The molecular weight excluding hydrogens is 260 g/mol. The number of carbonyl (C=O) groups excluding carboxylic acids is 1. The molecule has 19 heavy (non-hydrogen) atoms. The van der Waals surface area contributed by atoms with Crippen LogP contribution in [0.4, 0.5) is 0 Å². The highest BCUT2D eigenvalue weighted by Gasteiger charge is 2.30. The molecule has 0 radical (unpaired) electrons. The van der Waals surface area contributed by atoms with Gasteiger partial charge in [0.1, 0.15) is 0 Å². The molecule has 0 aromatic carbocycles. The summed E-state index contributed by atoms with van der Waals surface area (Å²) >= 11 is 0. The number of likely N-dealkylation sites (tertiary alicyclic amines) is 1. The van der Waals surface area contributed by atoms with Crippen LogP contribution in [-0.4, -0.2) is 29.9 Å². The van der Waals surface area contributed by atoms with E-state index in [0.29, 0.717) is 23.7 Å². The van der Waals surface area contributed by atoms with Crippen molar-refractivity contribution in [2.75, 3.05) is 13.1 Å². The van der Waals surface area contributed by atoms with E-state index in [-0.39, 0.29) is 18.4 Å². The number of hydrogen-bond acceptors (Lipinski definition) is 2. The Morgan fingerprint density at radius 3 is 2.58 bits per heavy atom. The molecule has 1 saturated heterocycles. The van der Waals surface area contributed by atoms with Crippen molar-refractivity contribution in [3.05, 3.63) is 0 Å². The van der Waals surface area contributed by atoms with Gasteiger partial charge in [-0.15, -0.1) is 12.4 Å². The number of nitrogens with two attached hydrogens (primary N) is 1. The van der Waals surface area contributed by atoms with Crippen LogP contribution in [0, 0.1) is 11.3 Å². The molecule has 0 unspecified atom stereocenters. The van der Waals surface area contributed by atoms with Gasteiger partial charge in [0.2, 0.25) is 5.91 Å². The normalized spacial score (nSPS) is 30.6. The van der Waals surface area contributed by atoms with Crippen LogP contribution in [0.25, 0.3) is 0 Å². The smallest absolute Gasteiger partial charge is 0.222 e. The zero-order chi connectivity index (χ0) is 13.2. The van der Waals surface area contributed by atoms with E-state index in [9.17, 15) is 4.79 Å². The van der Waals surface area contributed by atoms with Crippen LogP contribution < -0.4 is 5.73 Å². The molecule has 1 saturated carbocycles. The summed E-state index contributed by atoms with van der Waals surface area (Å²) in [6.07, 6.45) is 7.65. The van der Waals surface area contributed by atoms with Gasteiger partial charge in [0.25, 0.3) is 0 Å². The number of carbonyl (C=O) groups is 1. The lowest BCUT2D eigenvalue weighted by atomic mass is 9.85. The summed E-state index contributed by atoms with van der Waals surface area (Å²) in [5.41, 5.74) is 6.46. The standard InChI is InChI=1S/C15H28N2O.ClH/c1-15(2)7-4-9-17(10-8-15)14(18)11-12-5-3-6-13(12)16;/h12-13H,3-11,16H2,1-2H3;1H/t12-,13+;/m0./s1. The van der Waals surface area contributed by atoms with E-state index in [1.165, 1.54) is 12.8 Å². The van der Waals surface area contributed by atoms with Crippen LogP contribution >= 0.6 is 12.4 Å². The van der Waals surface area contributed by atoms with Gasteiger partial charge in [-0.25, -0.2) is 0 Å². The molecule has 1 aliphatic heterocycles. The Bertz CT molecular complexity index is 307. The van der Waals surface area contributed by atoms with Crippen LogP contribution in [0.3, 0.4) is 0 Å². The Balaban J connectivity index is 0.00000180. The molecule has 2 N–H and O–H groups in total. The second kappa shape index (κ2) is 6.94. The molecule has 0 aromatic rings. The fraction of sp³-hybridized carbons (Fsp3) is 0.933. The molecule has 1 heterocycles. The van der Waals surface area contributed by atoms with E-state index in [0.717, 1.165) is 38.8 Å². The van der Waals surface area contributed by atoms with Crippen LogP contribution in [0.15, 0.2) is 0 Å². The van der Waals surface area contributed by atoms with Gasteiger partial charge in [-0.3, -0.25) is 4.79 Å². The summed E-state index contributed by atoms with van der Waals surface area (Å²) < 4.78 is 0. The Hall–Kier alpha value is -0.280. The van der Waals surface area contributed by atoms with Gasteiger partial charge in [-0.05, 0) is 43.4 Å². The SMILES string of the molecule is CC1(C)CCCN(C(=O)C[C@@H]2CCC[C@H]2N)CC1.Cl. The Morgan fingerprint density at radius 2 is 1.95 bits per heavy atom. The van der Waals surface area contributed by atoms with Crippen molar-refractivity contribution < 1.29 is 4.79 Å². The lowest BCUT2D eigenvalue weighted by Crippen LogP contribution is -2.36. The summed E-state index contributed by atoms with van der Waals surface area (Å²) in [6, 6.07) is 0.261. The van der Waals surface area contributed by atoms with Crippen molar-refractivity contribution in [1.29, 1.82) is 0 Å². The fourth-order valence-electron chi connectivity index (χ4n) is 3.34. The quantitative estimate of drug-likeness (QED) is 0.849. The monoisotopic (exact) mass is 288 g/mol. The van der Waals surface area contributed by atoms with Crippen LogP contribution in [-0.2, 0) is 4.79 Å². The molecule has 112 valence electrons. The average Bonchev–Trinajstić information content (AvgIpc) is 2.59. The molecule has 1 aliphatic carbocycles. The molecule has 2 fully saturated rings. The summed E-state index contributed by atoms with van der Waals surface area (Å²) in [7, 11) is 0. The topological polar surface area (TPSA) is 46.3 Å². The van der Waals surface area contributed by atoms with Crippen molar-refractivity contribution in [2.24, 2.45) is 17.1 Å². The first-order valence-electron chi connectivity index (χ1n) is 7.51. The molecular formula is C15H29ClN2O. The number of amides is 1. The minimum Gasteiger partial charge on any atom is -0.343 e. The molecule has 2 rings (SSSR count). The maximum absolute atomic E-state index is 12.3. The molecule has 0 bridgehead atoms. The van der Waals surface area contributed by atoms with Gasteiger partial charge < -0.3 is 10.6 Å². The van der Waals surface area contributed by atoms with E-state index < -0.39 is 0 Å². The maximum Gasteiger partial charge on any atom is 0.222 e. The van der Waals surface area contributed by atoms with Crippen molar-refractivity contribution in [3.63, 3.8) is 0 Å². The van der Waals surface area contributed by atoms with Gasteiger partial charge >= 0.3 is 0 Å². The van der Waals surface area contributed by atoms with E-state index in [1.807, 2.05) is 0 Å². The molecule has 0 aromatic heterocycles. The van der Waals surface area contributed by atoms with Crippen molar-refractivity contribution in [1.82, 2.24) is 4.90 Å². The zero-order valence-electron chi connectivity index (χ0n) is 12.4. The second-order valence-electron chi connectivity index (χ2n) is 6.96. The van der Waals surface area contributed by atoms with Crippen LogP contribution in [0.5, 0.6) is 0 Å². The molecule has 1 amide bonds. The van der Waals surface area contributed by atoms with Crippen LogP contribution in [0.1, 0.15) is 58.8 Å². The number of hydrogen-bond donors (Lipinski definition) is 1. The van der Waals surface area contributed by atoms with Crippen molar-refractivity contribution >= 4 is 18.3 Å². The predicted molar refractivity (Wildman–Crippen MR) is 81.4 cm³/mol. The largest absolute Gasteiger partial charge is 0.343 e. The third-order valence-corrected chi connectivity index (χ3v) is 4.85.